The van der Waals surface area contributed by atoms with Crippen LogP contribution in [0.2, 0.25) is 0 Å². The maximum absolute atomic E-state index is 5.54. The number of fused-ring (bicyclic) bond motifs is 8. The molecule has 8 nitrogen and oxygen atoms in total. The van der Waals surface area contributed by atoms with Gasteiger partial charge in [-0.05, 0) is 123 Å². The second kappa shape index (κ2) is 14.6. The van der Waals surface area contributed by atoms with E-state index in [-0.39, 0.29) is 17.1 Å². The molecular formula is C44H46MnN8+2. The number of likely N-dealkylation sites (N-methyl/N-ethyl adjacent to an activating group) is 2. The van der Waals surface area contributed by atoms with E-state index >= 15 is 0 Å². The number of nitrogens with zero attached hydrogens (tertiary/aromatic N) is 8. The Morgan fingerprint density at radius 3 is 1.43 bits per heavy atom. The third kappa shape index (κ3) is 6.83. The number of hydrogen-bond donors (Lipinski definition) is 0. The van der Waals surface area contributed by atoms with Crippen LogP contribution in [0.1, 0.15) is 71.4 Å². The van der Waals surface area contributed by atoms with E-state index in [9.17, 15) is 0 Å². The Morgan fingerprint density at radius 2 is 1.00 bits per heavy atom. The molecule has 2 atom stereocenters. The van der Waals surface area contributed by atoms with Gasteiger partial charge in [-0.3, -0.25) is 0 Å². The van der Waals surface area contributed by atoms with Crippen molar-refractivity contribution in [1.29, 1.82) is 0 Å². The van der Waals surface area contributed by atoms with Crippen molar-refractivity contribution in [3.8, 4) is 22.3 Å². The molecule has 2 saturated heterocycles. The quantitative estimate of drug-likeness (QED) is 0.152. The van der Waals surface area contributed by atoms with Gasteiger partial charge in [0.1, 0.15) is 14.1 Å². The van der Waals surface area contributed by atoms with E-state index in [1.807, 2.05) is 0 Å². The molecule has 0 aliphatic carbocycles. The number of piperidine rings is 2. The fourth-order valence-corrected chi connectivity index (χ4v) is 8.83. The van der Waals surface area contributed by atoms with Gasteiger partial charge >= 0.3 is 17.1 Å². The molecule has 2 fully saturated rings. The number of aromatic nitrogens is 6. The van der Waals surface area contributed by atoms with Crippen LogP contribution in [0.3, 0.4) is 0 Å². The minimum Gasteiger partial charge on any atom is -0.657 e. The minimum atomic E-state index is 0. The van der Waals surface area contributed by atoms with Crippen LogP contribution >= 0.6 is 0 Å². The zero-order valence-electron chi connectivity index (χ0n) is 31.0. The Morgan fingerprint density at radius 1 is 0.585 bits per heavy atom. The second-order valence-corrected chi connectivity index (χ2v) is 15.2. The van der Waals surface area contributed by atoms with Crippen molar-refractivity contribution in [2.24, 2.45) is 14.1 Å². The summed E-state index contributed by atoms with van der Waals surface area (Å²) in [5, 5.41) is 0. The SMILES string of the molecule is CN1CCCC(c2c3nc(c(-c4ccc[n+](C)c4)c4ccc([n-]4)c(-c4ccc[n+](C)c4)c4nc(c(C5CCCN(C)C5)c5ccc2[n-]5)C=C4)C=C3)C1.[Mn+2]. The molecule has 267 valence electrons. The van der Waals surface area contributed by atoms with E-state index in [1.165, 1.54) is 11.1 Å². The van der Waals surface area contributed by atoms with Crippen LogP contribution in [0.25, 0.3) is 68.6 Å². The first-order chi connectivity index (χ1) is 25.4. The predicted octanol–water partition coefficient (Wildman–Crippen LogP) is 6.51. The van der Waals surface area contributed by atoms with Crippen molar-refractivity contribution in [2.45, 2.75) is 37.5 Å². The summed E-state index contributed by atoms with van der Waals surface area (Å²) in [6, 6.07) is 17.3. The first-order valence-electron chi connectivity index (χ1n) is 18.7. The molecular weight excluding hydrogens is 695 g/mol. The number of aryl methyl sites for hydroxylation is 2. The number of hydrogen-bond acceptors (Lipinski definition) is 4. The van der Waals surface area contributed by atoms with Gasteiger partial charge in [-0.15, -0.1) is 22.1 Å². The molecule has 9 heterocycles. The first kappa shape index (κ1) is 35.4. The smallest absolute Gasteiger partial charge is 0.657 e. The van der Waals surface area contributed by atoms with Crippen molar-refractivity contribution in [3.63, 3.8) is 0 Å². The van der Waals surface area contributed by atoms with E-state index < -0.39 is 0 Å². The third-order valence-electron chi connectivity index (χ3n) is 11.2. The molecule has 9 heteroatoms. The third-order valence-corrected chi connectivity index (χ3v) is 11.2. The molecule has 4 aliphatic heterocycles. The number of likely N-dealkylation sites (tertiary alicyclic amines) is 2. The van der Waals surface area contributed by atoms with Gasteiger partial charge in [0.15, 0.2) is 24.8 Å². The summed E-state index contributed by atoms with van der Waals surface area (Å²) in [5.41, 5.74) is 14.4. The maximum Gasteiger partial charge on any atom is 2.00 e. The predicted molar refractivity (Wildman–Crippen MR) is 209 cm³/mol. The van der Waals surface area contributed by atoms with Gasteiger partial charge in [0.25, 0.3) is 0 Å². The molecule has 9 rings (SSSR count). The van der Waals surface area contributed by atoms with Gasteiger partial charge in [0, 0.05) is 36.3 Å². The fourth-order valence-electron chi connectivity index (χ4n) is 8.83. The van der Waals surface area contributed by atoms with Crippen molar-refractivity contribution in [3.05, 3.63) is 107 Å². The van der Waals surface area contributed by atoms with Crippen LogP contribution in [0.15, 0.2) is 73.3 Å². The van der Waals surface area contributed by atoms with E-state index in [1.54, 1.807) is 0 Å². The monoisotopic (exact) mass is 741 g/mol. The Kier molecular flexibility index (Phi) is 9.77. The van der Waals surface area contributed by atoms with E-state index in [4.69, 9.17) is 19.9 Å². The van der Waals surface area contributed by atoms with Crippen LogP contribution in [0.5, 0.6) is 0 Å². The molecule has 2 unspecified atom stereocenters. The summed E-state index contributed by atoms with van der Waals surface area (Å²) in [4.78, 5) is 26.8. The number of rotatable bonds is 4. The van der Waals surface area contributed by atoms with Gasteiger partial charge in [-0.2, -0.15) is 0 Å². The van der Waals surface area contributed by atoms with Crippen LogP contribution in [0.4, 0.5) is 0 Å². The Labute approximate surface area is 322 Å². The second-order valence-electron chi connectivity index (χ2n) is 15.2. The normalized spacial score (nSPS) is 19.0. The Bertz CT molecular complexity index is 2260. The topological polar surface area (TPSA) is 68.2 Å². The summed E-state index contributed by atoms with van der Waals surface area (Å²) >= 11 is 0. The minimum absolute atomic E-state index is 0. The van der Waals surface area contributed by atoms with Gasteiger partial charge in [0.2, 0.25) is 0 Å². The molecule has 8 bridgehead atoms. The van der Waals surface area contributed by atoms with Gasteiger partial charge < -0.3 is 19.8 Å². The van der Waals surface area contributed by atoms with Crippen LogP contribution < -0.4 is 19.1 Å². The first-order valence-corrected chi connectivity index (χ1v) is 18.7. The van der Waals surface area contributed by atoms with Gasteiger partial charge in [-0.1, -0.05) is 24.3 Å². The van der Waals surface area contributed by atoms with Crippen molar-refractivity contribution < 1.29 is 26.2 Å². The molecule has 0 spiro atoms. The van der Waals surface area contributed by atoms with Crippen LogP contribution in [-0.2, 0) is 31.2 Å². The van der Waals surface area contributed by atoms with Crippen molar-refractivity contribution >= 4 is 46.4 Å². The molecule has 1 radical (unpaired) electrons. The molecule has 0 amide bonds. The average molecular weight is 742 g/mol. The van der Waals surface area contributed by atoms with E-state index in [0.717, 1.165) is 119 Å². The van der Waals surface area contributed by atoms with Crippen LogP contribution in [-0.4, -0.2) is 60.0 Å². The summed E-state index contributed by atoms with van der Waals surface area (Å²) in [6.45, 7) is 4.23. The zero-order valence-corrected chi connectivity index (χ0v) is 32.2. The Balaban J connectivity index is 0.00000400. The molecule has 53 heavy (non-hydrogen) atoms. The Hall–Kier alpha value is -4.66. The van der Waals surface area contributed by atoms with Crippen molar-refractivity contribution in [1.82, 2.24) is 29.7 Å². The summed E-state index contributed by atoms with van der Waals surface area (Å²) < 4.78 is 4.18. The van der Waals surface area contributed by atoms with E-state index in [2.05, 4.69) is 145 Å². The molecule has 0 aromatic carbocycles. The van der Waals surface area contributed by atoms with Gasteiger partial charge in [-0.25, -0.2) is 19.1 Å². The summed E-state index contributed by atoms with van der Waals surface area (Å²) in [6.07, 6.45) is 21.8. The van der Waals surface area contributed by atoms with Crippen LogP contribution in [0, 0.1) is 0 Å². The molecule has 4 aliphatic rings. The number of pyridine rings is 2. The standard InChI is InChI=1S/C44H46N8.Mn/c1-49-21-5-9-29(25-49)41-33-13-15-35(45-33)42(30-10-6-22-50(2)26-30)37-17-19-39(47-37)44(32-12-8-24-52(4)28-32)40-20-18-38(48-40)43(36-16-14-34(41)46-36)31-11-7-23-51(3)27-31;/h5-6,9-10,13-22,25-26,31-32H,7-8,11-12,23-24,27-28H2,1-4H3;/q;+2. The maximum atomic E-state index is 5.54. The fraction of sp³-hybridized carbons (Fsp3) is 0.318. The average Bonchev–Trinajstić information content (AvgIpc) is 3.96. The molecule has 5 aromatic heterocycles. The van der Waals surface area contributed by atoms with Gasteiger partial charge in [0.05, 0.1) is 22.8 Å². The molecule has 5 aromatic rings. The van der Waals surface area contributed by atoms with Crippen molar-refractivity contribution in [2.75, 3.05) is 40.3 Å². The van der Waals surface area contributed by atoms with E-state index in [0.29, 0.717) is 11.8 Å². The molecule has 0 saturated carbocycles. The summed E-state index contributed by atoms with van der Waals surface area (Å²) in [7, 11) is 8.60. The summed E-state index contributed by atoms with van der Waals surface area (Å²) in [5.74, 6) is 0.670. The zero-order chi connectivity index (χ0) is 35.3. The largest absolute Gasteiger partial charge is 2.00 e. The molecule has 0 N–H and O–H groups in total.